The summed E-state index contributed by atoms with van der Waals surface area (Å²) < 4.78 is 0. The van der Waals surface area contributed by atoms with Gasteiger partial charge in [-0.05, 0) is 37.9 Å². The largest absolute Gasteiger partial charge is 0.396 e. The number of nitrogens with one attached hydrogen (secondary N) is 1. The van der Waals surface area contributed by atoms with Gasteiger partial charge in [-0.15, -0.1) is 0 Å². The first-order chi connectivity index (χ1) is 8.31. The van der Waals surface area contributed by atoms with Crippen LogP contribution in [0.15, 0.2) is 18.3 Å². The van der Waals surface area contributed by atoms with Gasteiger partial charge in [0, 0.05) is 18.8 Å². The molecule has 2 rings (SSSR count). The second-order valence-electron chi connectivity index (χ2n) is 4.64. The quantitative estimate of drug-likeness (QED) is 0.760. The Hall–Kier alpha value is -1.13. The van der Waals surface area contributed by atoms with Gasteiger partial charge in [0.05, 0.1) is 12.2 Å². The zero-order valence-electron chi connectivity index (χ0n) is 10.1. The van der Waals surface area contributed by atoms with E-state index in [9.17, 15) is 4.79 Å². The van der Waals surface area contributed by atoms with Gasteiger partial charge < -0.3 is 10.1 Å². The van der Waals surface area contributed by atoms with Gasteiger partial charge in [-0.1, -0.05) is 6.42 Å². The highest BCUT2D eigenvalue weighted by molar-refractivity contribution is 5.95. The molecule has 0 bridgehead atoms. The molecule has 0 saturated carbocycles. The zero-order valence-corrected chi connectivity index (χ0v) is 10.1. The highest BCUT2D eigenvalue weighted by atomic mass is 16.3. The Labute approximate surface area is 102 Å². The normalized spacial score (nSPS) is 21.6. The van der Waals surface area contributed by atoms with Crippen LogP contribution in [-0.2, 0) is 0 Å². The molecular weight excluding hydrogens is 216 g/mol. The van der Waals surface area contributed by atoms with E-state index < -0.39 is 0 Å². The molecule has 17 heavy (non-hydrogen) atoms. The summed E-state index contributed by atoms with van der Waals surface area (Å²) >= 11 is 0. The van der Waals surface area contributed by atoms with Gasteiger partial charge in [0.2, 0.25) is 0 Å². The number of hydrogen-bond donors (Lipinski definition) is 2. The van der Waals surface area contributed by atoms with E-state index in [1.54, 1.807) is 6.20 Å². The number of likely N-dealkylation sites (tertiary alicyclic amines) is 1. The van der Waals surface area contributed by atoms with Crippen molar-refractivity contribution < 1.29 is 9.90 Å². The fraction of sp³-hybridized carbons (Fsp3) is 0.615. The number of aromatic nitrogens is 1. The molecule has 4 nitrogen and oxygen atoms in total. The van der Waals surface area contributed by atoms with E-state index in [4.69, 9.17) is 5.11 Å². The van der Waals surface area contributed by atoms with Crippen LogP contribution in [0.4, 0.5) is 0 Å². The number of nitrogens with zero attached hydrogens (tertiary/aromatic N) is 1. The smallest absolute Gasteiger partial charge is 0.192 e. The van der Waals surface area contributed by atoms with Crippen molar-refractivity contribution in [2.24, 2.45) is 0 Å². The molecule has 1 aliphatic heterocycles. The van der Waals surface area contributed by atoms with E-state index >= 15 is 0 Å². The number of Topliss-reactive ketones (excluding diaryl/α,β-unsaturated/α-hetero) is 1. The number of ketones is 1. The monoisotopic (exact) mass is 236 g/mol. The molecule has 1 aromatic heterocycles. The summed E-state index contributed by atoms with van der Waals surface area (Å²) in [5.41, 5.74) is 0.679. The fourth-order valence-corrected chi connectivity index (χ4v) is 2.52. The Morgan fingerprint density at radius 3 is 3.12 bits per heavy atom. The van der Waals surface area contributed by atoms with Crippen molar-refractivity contribution in [3.63, 3.8) is 0 Å². The summed E-state index contributed by atoms with van der Waals surface area (Å²) in [6.07, 6.45) is 6.00. The van der Waals surface area contributed by atoms with E-state index in [2.05, 4.69) is 9.88 Å². The molecule has 0 radical (unpaired) electrons. The number of aromatic amines is 1. The second kappa shape index (κ2) is 5.98. The summed E-state index contributed by atoms with van der Waals surface area (Å²) in [6, 6.07) is 4.02. The van der Waals surface area contributed by atoms with Crippen molar-refractivity contribution in [3.05, 3.63) is 24.0 Å². The summed E-state index contributed by atoms with van der Waals surface area (Å²) in [6.45, 7) is 1.64. The minimum Gasteiger partial charge on any atom is -0.396 e. The predicted molar refractivity (Wildman–Crippen MR) is 66.0 cm³/mol. The molecule has 1 fully saturated rings. The van der Waals surface area contributed by atoms with Crippen LogP contribution in [0.25, 0.3) is 0 Å². The third kappa shape index (κ3) is 3.17. The molecule has 2 heterocycles. The van der Waals surface area contributed by atoms with Crippen molar-refractivity contribution in [2.75, 3.05) is 19.7 Å². The highest BCUT2D eigenvalue weighted by Gasteiger charge is 2.24. The Bertz CT molecular complexity index is 346. The van der Waals surface area contributed by atoms with Crippen LogP contribution in [-0.4, -0.2) is 46.5 Å². The molecule has 0 aliphatic carbocycles. The van der Waals surface area contributed by atoms with Crippen LogP contribution in [0.3, 0.4) is 0 Å². The summed E-state index contributed by atoms with van der Waals surface area (Å²) in [5.74, 6) is 0.139. The lowest BCUT2D eigenvalue weighted by molar-refractivity contribution is 0.0795. The predicted octanol–water partition coefficient (Wildman–Crippen LogP) is 1.43. The van der Waals surface area contributed by atoms with Crippen molar-refractivity contribution in [1.82, 2.24) is 9.88 Å². The number of aliphatic hydroxyl groups excluding tert-OH is 1. The van der Waals surface area contributed by atoms with Crippen molar-refractivity contribution in [1.29, 1.82) is 0 Å². The van der Waals surface area contributed by atoms with Gasteiger partial charge >= 0.3 is 0 Å². The molecule has 94 valence electrons. The van der Waals surface area contributed by atoms with Gasteiger partial charge in [0.1, 0.15) is 0 Å². The van der Waals surface area contributed by atoms with E-state index in [1.165, 1.54) is 6.42 Å². The second-order valence-corrected chi connectivity index (χ2v) is 4.64. The van der Waals surface area contributed by atoms with Crippen molar-refractivity contribution in [2.45, 2.75) is 31.7 Å². The Morgan fingerprint density at radius 2 is 2.41 bits per heavy atom. The number of carbonyl (C=O) groups excluding carboxylic acids is 1. The third-order valence-corrected chi connectivity index (χ3v) is 3.46. The standard InChI is InChI=1S/C13H20N2O2/c16-9-6-11-4-1-2-8-15(11)10-13(17)12-5-3-7-14-12/h3,5,7,11,14,16H,1-2,4,6,8-10H2. The molecule has 1 saturated heterocycles. The molecule has 0 aromatic carbocycles. The van der Waals surface area contributed by atoms with Crippen LogP contribution < -0.4 is 0 Å². The minimum atomic E-state index is 0.139. The first-order valence-electron chi connectivity index (χ1n) is 6.33. The highest BCUT2D eigenvalue weighted by Crippen LogP contribution is 2.19. The van der Waals surface area contributed by atoms with E-state index in [0.717, 1.165) is 25.8 Å². The lowest BCUT2D eigenvalue weighted by Gasteiger charge is -2.34. The number of rotatable bonds is 5. The van der Waals surface area contributed by atoms with E-state index in [1.807, 2.05) is 12.1 Å². The van der Waals surface area contributed by atoms with Crippen LogP contribution in [0, 0.1) is 0 Å². The van der Waals surface area contributed by atoms with Gasteiger partial charge in [-0.2, -0.15) is 0 Å². The number of carbonyl (C=O) groups is 1. The van der Waals surface area contributed by atoms with Crippen LogP contribution in [0.1, 0.15) is 36.2 Å². The maximum atomic E-state index is 12.0. The molecule has 0 amide bonds. The average Bonchev–Trinajstić information content (AvgIpc) is 2.85. The lowest BCUT2D eigenvalue weighted by Crippen LogP contribution is -2.43. The molecular formula is C13H20N2O2. The maximum absolute atomic E-state index is 12.0. The Kier molecular flexibility index (Phi) is 4.34. The van der Waals surface area contributed by atoms with E-state index in [0.29, 0.717) is 18.3 Å². The zero-order chi connectivity index (χ0) is 12.1. The molecule has 1 unspecified atom stereocenters. The molecule has 4 heteroatoms. The summed E-state index contributed by atoms with van der Waals surface area (Å²) in [5, 5.41) is 9.04. The van der Waals surface area contributed by atoms with Crippen LogP contribution >= 0.6 is 0 Å². The number of aliphatic hydroxyl groups is 1. The van der Waals surface area contributed by atoms with Crippen LogP contribution in [0.2, 0.25) is 0 Å². The Morgan fingerprint density at radius 1 is 1.53 bits per heavy atom. The first kappa shape index (κ1) is 12.3. The number of piperidine rings is 1. The third-order valence-electron chi connectivity index (χ3n) is 3.46. The Balaban J connectivity index is 1.93. The molecule has 1 aliphatic rings. The topological polar surface area (TPSA) is 56.3 Å². The average molecular weight is 236 g/mol. The molecule has 0 spiro atoms. The SMILES string of the molecule is O=C(CN1CCCCC1CCO)c1ccc[nH]1. The summed E-state index contributed by atoms with van der Waals surface area (Å²) in [7, 11) is 0. The van der Waals surface area contributed by atoms with Crippen LogP contribution in [0.5, 0.6) is 0 Å². The van der Waals surface area contributed by atoms with Gasteiger partial charge in [0.25, 0.3) is 0 Å². The summed E-state index contributed by atoms with van der Waals surface area (Å²) in [4.78, 5) is 17.1. The molecule has 1 aromatic rings. The van der Waals surface area contributed by atoms with Gasteiger partial charge in [0.15, 0.2) is 5.78 Å². The fourth-order valence-electron chi connectivity index (χ4n) is 2.52. The van der Waals surface area contributed by atoms with Gasteiger partial charge in [-0.25, -0.2) is 0 Å². The number of hydrogen-bond acceptors (Lipinski definition) is 3. The molecule has 1 atom stereocenters. The first-order valence-corrected chi connectivity index (χ1v) is 6.33. The number of H-pyrrole nitrogens is 1. The maximum Gasteiger partial charge on any atom is 0.192 e. The van der Waals surface area contributed by atoms with Crippen molar-refractivity contribution in [3.8, 4) is 0 Å². The minimum absolute atomic E-state index is 0.139. The lowest BCUT2D eigenvalue weighted by atomic mass is 9.99. The van der Waals surface area contributed by atoms with Gasteiger partial charge in [-0.3, -0.25) is 9.69 Å². The van der Waals surface area contributed by atoms with E-state index in [-0.39, 0.29) is 12.4 Å². The van der Waals surface area contributed by atoms with Crippen molar-refractivity contribution >= 4 is 5.78 Å². The molecule has 2 N–H and O–H groups in total.